The van der Waals surface area contributed by atoms with Gasteiger partial charge in [0.25, 0.3) is 0 Å². The zero-order valence-electron chi connectivity index (χ0n) is 11.5. The molecule has 0 aromatic carbocycles. The van der Waals surface area contributed by atoms with Crippen molar-refractivity contribution < 1.29 is 9.90 Å². The summed E-state index contributed by atoms with van der Waals surface area (Å²) in [5, 5.41) is 8.95. The molecule has 0 saturated carbocycles. The summed E-state index contributed by atoms with van der Waals surface area (Å²) < 4.78 is 0. The molecule has 0 spiro atoms. The van der Waals surface area contributed by atoms with Gasteiger partial charge in [-0.15, -0.1) is 0 Å². The van der Waals surface area contributed by atoms with E-state index in [0.717, 1.165) is 25.9 Å². The van der Waals surface area contributed by atoms with Gasteiger partial charge in [-0.3, -0.25) is 9.69 Å². The van der Waals surface area contributed by atoms with Crippen LogP contribution >= 0.6 is 0 Å². The van der Waals surface area contributed by atoms with Crippen LogP contribution in [0.15, 0.2) is 0 Å². The highest BCUT2D eigenvalue weighted by Crippen LogP contribution is 2.19. The highest BCUT2D eigenvalue weighted by molar-refractivity contribution is 5.69. The first-order valence-corrected chi connectivity index (χ1v) is 6.63. The van der Waals surface area contributed by atoms with Gasteiger partial charge < -0.3 is 10.0 Å². The summed E-state index contributed by atoms with van der Waals surface area (Å²) in [6.45, 7) is 10.9. The average molecular weight is 242 g/mol. The van der Waals surface area contributed by atoms with E-state index in [1.54, 1.807) is 0 Å². The maximum atomic E-state index is 10.9. The first-order chi connectivity index (χ1) is 7.91. The molecule has 0 aromatic rings. The summed E-state index contributed by atoms with van der Waals surface area (Å²) >= 11 is 0. The molecule has 0 bridgehead atoms. The van der Waals surface area contributed by atoms with Crippen molar-refractivity contribution in [2.45, 2.75) is 58.7 Å². The molecule has 0 aromatic heterocycles. The number of carboxylic acids is 1. The Balaban J connectivity index is 2.52. The lowest BCUT2D eigenvalue weighted by Crippen LogP contribution is -2.50. The van der Waals surface area contributed by atoms with E-state index in [2.05, 4.69) is 37.5 Å². The Bertz CT molecular complexity index is 246. The molecule has 0 radical (unpaired) electrons. The monoisotopic (exact) mass is 242 g/mol. The maximum absolute atomic E-state index is 10.9. The molecule has 4 heteroatoms. The Morgan fingerprint density at radius 1 is 1.29 bits per heavy atom. The van der Waals surface area contributed by atoms with Crippen LogP contribution in [0.25, 0.3) is 0 Å². The van der Waals surface area contributed by atoms with Crippen LogP contribution in [0, 0.1) is 0 Å². The van der Waals surface area contributed by atoms with E-state index in [9.17, 15) is 4.79 Å². The second-order valence-corrected chi connectivity index (χ2v) is 5.52. The van der Waals surface area contributed by atoms with Gasteiger partial charge in [-0.2, -0.15) is 0 Å². The van der Waals surface area contributed by atoms with Gasteiger partial charge in [0.2, 0.25) is 0 Å². The minimum Gasteiger partial charge on any atom is -0.480 e. The average Bonchev–Trinajstić information content (AvgIpc) is 2.25. The number of hydrogen-bond donors (Lipinski definition) is 1. The molecule has 0 amide bonds. The SMILES string of the molecule is CC(C)N1CCC(N(CC(=O)O)C(C)C)CC1. The Kier molecular flexibility index (Phi) is 5.40. The summed E-state index contributed by atoms with van der Waals surface area (Å²) in [5.74, 6) is -0.718. The van der Waals surface area contributed by atoms with Gasteiger partial charge in [-0.1, -0.05) is 0 Å². The number of carbonyl (C=O) groups is 1. The molecule has 1 aliphatic rings. The fraction of sp³-hybridized carbons (Fsp3) is 0.923. The minimum absolute atomic E-state index is 0.171. The van der Waals surface area contributed by atoms with Crippen LogP contribution in [0.4, 0.5) is 0 Å². The highest BCUT2D eigenvalue weighted by atomic mass is 16.4. The Hall–Kier alpha value is -0.610. The molecule has 100 valence electrons. The van der Waals surface area contributed by atoms with E-state index in [0.29, 0.717) is 18.1 Å². The van der Waals surface area contributed by atoms with Gasteiger partial charge in [0.15, 0.2) is 0 Å². The number of piperidine rings is 1. The Labute approximate surface area is 105 Å². The summed E-state index contributed by atoms with van der Waals surface area (Å²) in [6.07, 6.45) is 2.17. The molecule has 1 N–H and O–H groups in total. The van der Waals surface area contributed by atoms with Gasteiger partial charge in [-0.25, -0.2) is 0 Å². The van der Waals surface area contributed by atoms with Crippen LogP contribution in [0.2, 0.25) is 0 Å². The predicted octanol–water partition coefficient (Wildman–Crippen LogP) is 1.65. The van der Waals surface area contributed by atoms with Crippen molar-refractivity contribution in [1.29, 1.82) is 0 Å². The second-order valence-electron chi connectivity index (χ2n) is 5.52. The zero-order valence-corrected chi connectivity index (χ0v) is 11.5. The normalized spacial score (nSPS) is 19.5. The van der Waals surface area contributed by atoms with E-state index >= 15 is 0 Å². The zero-order chi connectivity index (χ0) is 13.0. The molecule has 1 aliphatic heterocycles. The molecule has 4 nitrogen and oxygen atoms in total. The first kappa shape index (κ1) is 14.5. The molecular weight excluding hydrogens is 216 g/mol. The van der Waals surface area contributed by atoms with Gasteiger partial charge in [-0.05, 0) is 53.6 Å². The van der Waals surface area contributed by atoms with Gasteiger partial charge in [0.1, 0.15) is 0 Å². The van der Waals surface area contributed by atoms with Gasteiger partial charge >= 0.3 is 5.97 Å². The predicted molar refractivity (Wildman–Crippen MR) is 69.2 cm³/mol. The third kappa shape index (κ3) is 4.28. The fourth-order valence-corrected chi connectivity index (χ4v) is 2.62. The van der Waals surface area contributed by atoms with Crippen LogP contribution in [0.3, 0.4) is 0 Å². The van der Waals surface area contributed by atoms with Crippen LogP contribution in [0.5, 0.6) is 0 Å². The molecular formula is C13H26N2O2. The third-order valence-electron chi connectivity index (χ3n) is 3.68. The molecule has 1 fully saturated rings. The van der Waals surface area contributed by atoms with Gasteiger partial charge in [0, 0.05) is 18.1 Å². The number of hydrogen-bond acceptors (Lipinski definition) is 3. The van der Waals surface area contributed by atoms with Crippen molar-refractivity contribution >= 4 is 5.97 Å². The third-order valence-corrected chi connectivity index (χ3v) is 3.68. The van der Waals surface area contributed by atoms with Crippen molar-refractivity contribution in [3.63, 3.8) is 0 Å². The summed E-state index contributed by atoms with van der Waals surface area (Å²) in [5.41, 5.74) is 0. The van der Waals surface area contributed by atoms with E-state index < -0.39 is 5.97 Å². The number of carboxylic acid groups (broad SMARTS) is 1. The molecule has 0 aliphatic carbocycles. The summed E-state index contributed by atoms with van der Waals surface area (Å²) in [6, 6.07) is 1.34. The van der Waals surface area contributed by atoms with Gasteiger partial charge in [0.05, 0.1) is 6.54 Å². The van der Waals surface area contributed by atoms with Crippen LogP contribution < -0.4 is 0 Å². The molecule has 0 atom stereocenters. The molecule has 1 rings (SSSR count). The van der Waals surface area contributed by atoms with E-state index in [-0.39, 0.29) is 6.54 Å². The van der Waals surface area contributed by atoms with Crippen molar-refractivity contribution in [2.75, 3.05) is 19.6 Å². The summed E-state index contributed by atoms with van der Waals surface area (Å²) in [4.78, 5) is 15.5. The highest BCUT2D eigenvalue weighted by Gasteiger charge is 2.28. The summed E-state index contributed by atoms with van der Waals surface area (Å²) in [7, 11) is 0. The maximum Gasteiger partial charge on any atom is 0.317 e. The van der Waals surface area contributed by atoms with Crippen LogP contribution in [-0.2, 0) is 4.79 Å². The van der Waals surface area contributed by atoms with Crippen molar-refractivity contribution in [2.24, 2.45) is 0 Å². The first-order valence-electron chi connectivity index (χ1n) is 6.63. The lowest BCUT2D eigenvalue weighted by atomic mass is 10.0. The van der Waals surface area contributed by atoms with E-state index in [1.807, 2.05) is 0 Å². The number of rotatable bonds is 5. The smallest absolute Gasteiger partial charge is 0.317 e. The van der Waals surface area contributed by atoms with Crippen molar-refractivity contribution in [3.05, 3.63) is 0 Å². The largest absolute Gasteiger partial charge is 0.480 e. The van der Waals surface area contributed by atoms with E-state index in [1.165, 1.54) is 0 Å². The fourth-order valence-electron chi connectivity index (χ4n) is 2.62. The second kappa shape index (κ2) is 6.36. The standard InChI is InChI=1S/C13H26N2O2/c1-10(2)14-7-5-12(6-8-14)15(11(3)4)9-13(16)17/h10-12H,5-9H2,1-4H3,(H,16,17). The molecule has 1 heterocycles. The Morgan fingerprint density at radius 2 is 1.82 bits per heavy atom. The van der Waals surface area contributed by atoms with Crippen LogP contribution in [-0.4, -0.2) is 58.6 Å². The minimum atomic E-state index is -0.718. The molecule has 0 unspecified atom stereocenters. The Morgan fingerprint density at radius 3 is 2.18 bits per heavy atom. The van der Waals surface area contributed by atoms with E-state index in [4.69, 9.17) is 5.11 Å². The van der Waals surface area contributed by atoms with Crippen molar-refractivity contribution in [3.8, 4) is 0 Å². The lowest BCUT2D eigenvalue weighted by Gasteiger charge is -2.41. The van der Waals surface area contributed by atoms with Crippen molar-refractivity contribution in [1.82, 2.24) is 9.80 Å². The topological polar surface area (TPSA) is 43.8 Å². The molecule has 1 saturated heterocycles. The van der Waals surface area contributed by atoms with Crippen LogP contribution in [0.1, 0.15) is 40.5 Å². The number of nitrogens with zero attached hydrogens (tertiary/aromatic N) is 2. The number of aliphatic carboxylic acids is 1. The lowest BCUT2D eigenvalue weighted by molar-refractivity contribution is -0.139. The quantitative estimate of drug-likeness (QED) is 0.796. The number of likely N-dealkylation sites (tertiary alicyclic amines) is 1. The molecule has 17 heavy (non-hydrogen) atoms.